The lowest BCUT2D eigenvalue weighted by atomic mass is 10.2. The van der Waals surface area contributed by atoms with E-state index in [1.807, 2.05) is 49.4 Å². The molecule has 3 heterocycles. The Hall–Kier alpha value is -3.25. The minimum absolute atomic E-state index is 0. The van der Waals surface area contributed by atoms with Crippen molar-refractivity contribution in [2.75, 3.05) is 5.32 Å². The van der Waals surface area contributed by atoms with Crippen molar-refractivity contribution in [3.63, 3.8) is 0 Å². The maximum absolute atomic E-state index is 6.03. The molecule has 0 aliphatic carbocycles. The van der Waals surface area contributed by atoms with Crippen LogP contribution in [0, 0.1) is 0 Å². The highest BCUT2D eigenvalue weighted by Crippen LogP contribution is 2.32. The zero-order valence-corrected chi connectivity index (χ0v) is 15.2. The van der Waals surface area contributed by atoms with E-state index in [2.05, 4.69) is 25.3 Å². The highest BCUT2D eigenvalue weighted by atomic mass is 35.5. The van der Waals surface area contributed by atoms with E-state index in [4.69, 9.17) is 4.42 Å². The first-order chi connectivity index (χ1) is 12.8. The predicted molar refractivity (Wildman–Crippen MR) is 102 cm³/mol. The maximum Gasteiger partial charge on any atom is 0.196 e. The molecule has 0 spiro atoms. The van der Waals surface area contributed by atoms with E-state index in [1.165, 1.54) is 0 Å². The molecule has 3 aromatic heterocycles. The van der Waals surface area contributed by atoms with E-state index in [0.717, 1.165) is 45.5 Å². The van der Waals surface area contributed by atoms with Gasteiger partial charge in [-0.3, -0.25) is 9.97 Å². The molecule has 5 aromatic rings. The number of hydrogen-bond donors (Lipinski definition) is 1. The Kier molecular flexibility index (Phi) is 4.33. The molecule has 6 nitrogen and oxygen atoms in total. The second-order valence-electron chi connectivity index (χ2n) is 6.00. The van der Waals surface area contributed by atoms with Crippen molar-refractivity contribution in [1.29, 1.82) is 0 Å². The number of nitrogens with one attached hydrogen (secondary N) is 1. The molecule has 2 aromatic carbocycles. The minimum Gasteiger partial charge on any atom is -1.00 e. The van der Waals surface area contributed by atoms with Crippen LogP contribution in [0.4, 0.5) is 11.5 Å². The lowest BCUT2D eigenvalue weighted by molar-refractivity contribution is -0.00000584. The Morgan fingerprint density at radius 1 is 0.963 bits per heavy atom. The number of aryl methyl sites for hydroxylation is 1. The molecule has 0 fully saturated rings. The number of furan rings is 1. The highest BCUT2D eigenvalue weighted by Gasteiger charge is 2.15. The van der Waals surface area contributed by atoms with Crippen molar-refractivity contribution < 1.29 is 16.8 Å². The van der Waals surface area contributed by atoms with Gasteiger partial charge in [0.15, 0.2) is 11.4 Å². The van der Waals surface area contributed by atoms with Gasteiger partial charge in [-0.1, -0.05) is 19.1 Å². The van der Waals surface area contributed by atoms with Gasteiger partial charge in [0, 0.05) is 29.9 Å². The average molecular weight is 377 g/mol. The molecule has 0 amide bonds. The Morgan fingerprint density at radius 3 is 2.63 bits per heavy atom. The zero-order valence-electron chi connectivity index (χ0n) is 14.5. The Balaban J connectivity index is 0.00000180. The van der Waals surface area contributed by atoms with Gasteiger partial charge in [0.2, 0.25) is 0 Å². The van der Waals surface area contributed by atoms with Gasteiger partial charge in [0.05, 0.1) is 11.0 Å². The number of para-hydroxylation sites is 1. The number of benzene rings is 2. The standard InChI is InChI=1S/C20H15N5O.ClH/c1-2-17-24-18-13-5-3-4-6-16(13)26-19(18)20(25-17)23-12-7-8-14-15(11-12)22-10-9-21-14;/h3-11H,2H2,1H3,(H,23,24,25);1H/p-1. The normalized spacial score (nSPS) is 11.0. The largest absolute Gasteiger partial charge is 1.00 e. The first-order valence-corrected chi connectivity index (χ1v) is 8.48. The summed E-state index contributed by atoms with van der Waals surface area (Å²) in [5, 5.41) is 4.35. The van der Waals surface area contributed by atoms with Gasteiger partial charge in [-0.05, 0) is 30.3 Å². The molecule has 134 valence electrons. The second-order valence-corrected chi connectivity index (χ2v) is 6.00. The van der Waals surface area contributed by atoms with Crippen LogP contribution in [0.1, 0.15) is 12.7 Å². The summed E-state index contributed by atoms with van der Waals surface area (Å²) in [6.45, 7) is 2.04. The SMILES string of the molecule is CCc1nc(Nc2ccc3nccnc3c2)c2oc3ccccc3c2n1.[Cl-]. The molecule has 1 N–H and O–H groups in total. The summed E-state index contributed by atoms with van der Waals surface area (Å²) >= 11 is 0. The summed E-state index contributed by atoms with van der Waals surface area (Å²) in [6.07, 6.45) is 4.11. The van der Waals surface area contributed by atoms with Crippen molar-refractivity contribution in [3.8, 4) is 0 Å². The van der Waals surface area contributed by atoms with E-state index < -0.39 is 0 Å². The molecular formula is C20H15ClN5O-. The molecule has 0 aliphatic rings. The Bertz CT molecular complexity index is 1270. The number of fused-ring (bicyclic) bond motifs is 4. The number of nitrogens with zero attached hydrogens (tertiary/aromatic N) is 4. The van der Waals surface area contributed by atoms with Crippen LogP contribution in [0.25, 0.3) is 33.1 Å². The second kappa shape index (κ2) is 6.81. The third-order valence-electron chi connectivity index (χ3n) is 4.31. The summed E-state index contributed by atoms with van der Waals surface area (Å²) in [6, 6.07) is 13.7. The van der Waals surface area contributed by atoms with Gasteiger partial charge < -0.3 is 22.1 Å². The molecule has 27 heavy (non-hydrogen) atoms. The lowest BCUT2D eigenvalue weighted by Gasteiger charge is -2.08. The van der Waals surface area contributed by atoms with E-state index in [-0.39, 0.29) is 12.4 Å². The molecule has 0 atom stereocenters. The molecule has 5 rings (SSSR count). The molecule has 0 saturated carbocycles. The van der Waals surface area contributed by atoms with Crippen LogP contribution in [0.3, 0.4) is 0 Å². The molecule has 0 unspecified atom stereocenters. The summed E-state index contributed by atoms with van der Waals surface area (Å²) < 4.78 is 6.03. The Labute approximate surface area is 161 Å². The lowest BCUT2D eigenvalue weighted by Crippen LogP contribution is -3.00. The van der Waals surface area contributed by atoms with Gasteiger partial charge in [0.1, 0.15) is 16.9 Å². The minimum atomic E-state index is 0. The zero-order chi connectivity index (χ0) is 17.5. The van der Waals surface area contributed by atoms with Crippen molar-refractivity contribution in [3.05, 3.63) is 60.7 Å². The van der Waals surface area contributed by atoms with Crippen LogP contribution in [-0.2, 0) is 6.42 Å². The number of aromatic nitrogens is 4. The topological polar surface area (TPSA) is 76.7 Å². The summed E-state index contributed by atoms with van der Waals surface area (Å²) in [5.74, 6) is 1.43. The molecule has 7 heteroatoms. The van der Waals surface area contributed by atoms with E-state index in [1.54, 1.807) is 12.4 Å². The molecule has 0 bridgehead atoms. The number of rotatable bonds is 3. The number of halogens is 1. The predicted octanol–water partition coefficient (Wildman–Crippen LogP) is 1.63. The van der Waals surface area contributed by atoms with E-state index in [0.29, 0.717) is 11.4 Å². The Morgan fingerprint density at radius 2 is 1.78 bits per heavy atom. The molecule has 0 saturated heterocycles. The first kappa shape index (κ1) is 17.2. The van der Waals surface area contributed by atoms with Gasteiger partial charge in [-0.25, -0.2) is 9.97 Å². The summed E-state index contributed by atoms with van der Waals surface area (Å²) in [5.41, 5.74) is 4.84. The van der Waals surface area contributed by atoms with Crippen molar-refractivity contribution in [2.24, 2.45) is 0 Å². The van der Waals surface area contributed by atoms with E-state index >= 15 is 0 Å². The van der Waals surface area contributed by atoms with Crippen LogP contribution in [0.15, 0.2) is 59.3 Å². The average Bonchev–Trinajstić information content (AvgIpc) is 3.07. The highest BCUT2D eigenvalue weighted by molar-refractivity contribution is 6.06. The summed E-state index contributed by atoms with van der Waals surface area (Å²) in [7, 11) is 0. The smallest absolute Gasteiger partial charge is 0.196 e. The van der Waals surface area contributed by atoms with Crippen LogP contribution in [0.5, 0.6) is 0 Å². The van der Waals surface area contributed by atoms with Crippen molar-refractivity contribution in [2.45, 2.75) is 13.3 Å². The fraction of sp³-hybridized carbons (Fsp3) is 0.100. The molecule has 0 radical (unpaired) electrons. The van der Waals surface area contributed by atoms with Crippen molar-refractivity contribution in [1.82, 2.24) is 19.9 Å². The van der Waals surface area contributed by atoms with Gasteiger partial charge >= 0.3 is 0 Å². The summed E-state index contributed by atoms with van der Waals surface area (Å²) in [4.78, 5) is 18.0. The number of anilines is 2. The van der Waals surface area contributed by atoms with E-state index in [9.17, 15) is 0 Å². The monoisotopic (exact) mass is 376 g/mol. The van der Waals surface area contributed by atoms with Crippen molar-refractivity contribution >= 4 is 44.6 Å². The fourth-order valence-electron chi connectivity index (χ4n) is 3.06. The van der Waals surface area contributed by atoms with Gasteiger partial charge in [-0.15, -0.1) is 0 Å². The quantitative estimate of drug-likeness (QED) is 0.515. The fourth-order valence-corrected chi connectivity index (χ4v) is 3.06. The van der Waals surface area contributed by atoms with Gasteiger partial charge in [0.25, 0.3) is 0 Å². The van der Waals surface area contributed by atoms with Crippen LogP contribution >= 0.6 is 0 Å². The van der Waals surface area contributed by atoms with Crippen LogP contribution < -0.4 is 17.7 Å². The maximum atomic E-state index is 6.03. The number of hydrogen-bond acceptors (Lipinski definition) is 6. The third-order valence-corrected chi connectivity index (χ3v) is 4.31. The first-order valence-electron chi connectivity index (χ1n) is 8.48. The molecular weight excluding hydrogens is 362 g/mol. The molecule has 0 aliphatic heterocycles. The third kappa shape index (κ3) is 2.94. The van der Waals surface area contributed by atoms with Gasteiger partial charge in [-0.2, -0.15) is 0 Å². The van der Waals surface area contributed by atoms with Crippen LogP contribution in [0.2, 0.25) is 0 Å². The van der Waals surface area contributed by atoms with Crippen LogP contribution in [-0.4, -0.2) is 19.9 Å².